The van der Waals surface area contributed by atoms with Crippen LogP contribution in [0.25, 0.3) is 16.3 Å². The minimum absolute atomic E-state index is 0.184. The number of fused-ring (bicyclic) bond motifs is 1. The summed E-state index contributed by atoms with van der Waals surface area (Å²) in [6, 6.07) is 11.9. The summed E-state index contributed by atoms with van der Waals surface area (Å²) in [5.74, 6) is 1.04. The molecule has 1 amide bonds. The van der Waals surface area contributed by atoms with Gasteiger partial charge in [0.15, 0.2) is 0 Å². The van der Waals surface area contributed by atoms with Crippen molar-refractivity contribution in [2.45, 2.75) is 18.8 Å². The van der Waals surface area contributed by atoms with E-state index in [4.69, 9.17) is 10.7 Å². The predicted molar refractivity (Wildman–Crippen MR) is 150 cm³/mol. The van der Waals surface area contributed by atoms with Gasteiger partial charge in [-0.2, -0.15) is 0 Å². The molecule has 1 saturated heterocycles. The molecule has 1 aliphatic heterocycles. The number of nitrogens with zero attached hydrogens (tertiary/aromatic N) is 4. The molecule has 0 bridgehead atoms. The first kappa shape index (κ1) is 25.8. The number of carbonyl (C=O) groups is 1. The first-order chi connectivity index (χ1) is 17.9. The number of likely N-dealkylation sites (N-methyl/N-ethyl adjacent to an activating group) is 1. The number of benzene rings is 1. The zero-order chi connectivity index (χ0) is 26.4. The quantitative estimate of drug-likeness (QED) is 0.248. The Morgan fingerprint density at radius 1 is 1.27 bits per heavy atom. The molecule has 4 rings (SSSR count). The zero-order valence-corrected chi connectivity index (χ0v) is 21.3. The number of aromatic nitrogens is 2. The fraction of sp³-hybridized carbons (Fsp3) is 0.286. The fourth-order valence-electron chi connectivity index (χ4n) is 4.61. The van der Waals surface area contributed by atoms with Crippen molar-refractivity contribution < 1.29 is 4.79 Å². The number of H-pyrrole nitrogens is 1. The molecular weight excluding hydrogens is 466 g/mol. The zero-order valence-electron chi connectivity index (χ0n) is 21.3. The smallest absolute Gasteiger partial charge is 0.259 e. The number of aliphatic imine (C=N–C) groups is 1. The van der Waals surface area contributed by atoms with Gasteiger partial charge < -0.3 is 25.8 Å². The third-order valence-electron chi connectivity index (χ3n) is 6.51. The van der Waals surface area contributed by atoms with Gasteiger partial charge >= 0.3 is 0 Å². The lowest BCUT2D eigenvalue weighted by atomic mass is 9.89. The Bertz CT molecular complexity index is 1380. The van der Waals surface area contributed by atoms with Gasteiger partial charge in [-0.05, 0) is 68.1 Å². The van der Waals surface area contributed by atoms with E-state index in [-0.39, 0.29) is 11.5 Å². The monoisotopic (exact) mass is 499 g/mol. The van der Waals surface area contributed by atoms with Crippen LogP contribution in [-0.2, 0) is 4.79 Å². The lowest BCUT2D eigenvalue weighted by Gasteiger charge is -2.33. The van der Waals surface area contributed by atoms with Crippen LogP contribution < -0.4 is 16.6 Å². The van der Waals surface area contributed by atoms with Gasteiger partial charge in [0.05, 0.1) is 24.0 Å². The summed E-state index contributed by atoms with van der Waals surface area (Å²) < 4.78 is 0. The van der Waals surface area contributed by atoms with Gasteiger partial charge in [-0.25, -0.2) is 9.98 Å². The molecule has 4 N–H and O–H groups in total. The molecule has 1 aliphatic rings. The molecule has 1 aromatic carbocycles. The second-order valence-electron chi connectivity index (χ2n) is 9.35. The van der Waals surface area contributed by atoms with Crippen LogP contribution in [-0.4, -0.2) is 65.7 Å². The number of aromatic amines is 1. The number of anilines is 2. The first-order valence-corrected chi connectivity index (χ1v) is 12.3. The number of nitrogens with two attached hydrogens (primary N) is 1. The number of pyridine rings is 2. The first-order valence-electron chi connectivity index (χ1n) is 12.3. The van der Waals surface area contributed by atoms with Gasteiger partial charge in [0, 0.05) is 36.7 Å². The molecule has 3 heterocycles. The van der Waals surface area contributed by atoms with Crippen LogP contribution in [0, 0.1) is 0 Å². The lowest BCUT2D eigenvalue weighted by Crippen LogP contribution is -2.42. The largest absolute Gasteiger partial charge is 0.390 e. The molecule has 9 nitrogen and oxygen atoms in total. The molecule has 3 aromatic rings. The highest BCUT2D eigenvalue weighted by atomic mass is 16.2. The van der Waals surface area contributed by atoms with Crippen LogP contribution in [0.3, 0.4) is 0 Å². The number of hydrogen-bond acceptors (Lipinski definition) is 6. The molecule has 0 spiro atoms. The van der Waals surface area contributed by atoms with Crippen molar-refractivity contribution in [3.63, 3.8) is 0 Å². The van der Waals surface area contributed by atoms with Crippen molar-refractivity contribution >= 4 is 40.1 Å². The van der Waals surface area contributed by atoms with E-state index in [9.17, 15) is 9.59 Å². The lowest BCUT2D eigenvalue weighted by molar-refractivity contribution is -0.132. The van der Waals surface area contributed by atoms with E-state index >= 15 is 0 Å². The molecule has 2 aromatic heterocycles. The minimum atomic E-state index is -0.227. The Hall–Kier alpha value is -4.24. The van der Waals surface area contributed by atoms with Gasteiger partial charge in [0.2, 0.25) is 5.91 Å². The third-order valence-corrected chi connectivity index (χ3v) is 6.51. The average molecular weight is 500 g/mol. The van der Waals surface area contributed by atoms with Crippen molar-refractivity contribution in [2.75, 3.05) is 39.0 Å². The maximum atomic E-state index is 12.7. The number of rotatable bonds is 8. The second-order valence-corrected chi connectivity index (χ2v) is 9.35. The number of nitrogens with one attached hydrogen (secondary N) is 2. The summed E-state index contributed by atoms with van der Waals surface area (Å²) >= 11 is 0. The summed E-state index contributed by atoms with van der Waals surface area (Å²) in [7, 11) is 3.83. The Labute approximate surface area is 216 Å². The van der Waals surface area contributed by atoms with Crippen LogP contribution in [0.5, 0.6) is 0 Å². The van der Waals surface area contributed by atoms with Gasteiger partial charge in [-0.3, -0.25) is 9.59 Å². The molecule has 37 heavy (non-hydrogen) atoms. The van der Waals surface area contributed by atoms with Crippen LogP contribution in [0.2, 0.25) is 0 Å². The van der Waals surface area contributed by atoms with Crippen molar-refractivity contribution in [1.29, 1.82) is 0 Å². The van der Waals surface area contributed by atoms with Crippen molar-refractivity contribution in [2.24, 2.45) is 10.7 Å². The van der Waals surface area contributed by atoms with E-state index in [1.807, 2.05) is 48.2 Å². The van der Waals surface area contributed by atoms with E-state index < -0.39 is 0 Å². The highest BCUT2D eigenvalue weighted by Gasteiger charge is 2.24. The number of hydrogen-bond donors (Lipinski definition) is 3. The predicted octanol–water partition coefficient (Wildman–Crippen LogP) is 3.45. The Morgan fingerprint density at radius 3 is 2.65 bits per heavy atom. The number of allylic oxidation sites excluding steroid dienone is 2. The molecule has 9 heteroatoms. The van der Waals surface area contributed by atoms with Crippen molar-refractivity contribution in [1.82, 2.24) is 19.8 Å². The normalized spacial score (nSPS) is 15.0. The summed E-state index contributed by atoms with van der Waals surface area (Å²) in [6.07, 6.45) is 7.91. The molecule has 0 atom stereocenters. The SMILES string of the molecule is C=C/C(=C\N=CN)c1cc2cc[nH]c(=O)c2c(Nc2ccc(C3CCN(C(=O)CN(C)C)CC3)cc2)n1. The molecule has 0 aliphatic carbocycles. The van der Waals surface area contributed by atoms with E-state index in [1.165, 1.54) is 11.9 Å². The molecule has 0 saturated carbocycles. The number of carbonyl (C=O) groups excluding carboxylic acids is 1. The van der Waals surface area contributed by atoms with E-state index in [2.05, 4.69) is 34.0 Å². The van der Waals surface area contributed by atoms with E-state index in [0.29, 0.717) is 34.9 Å². The Balaban J connectivity index is 1.55. The maximum absolute atomic E-state index is 12.7. The van der Waals surface area contributed by atoms with Crippen molar-refractivity contribution in [3.05, 3.63) is 83.1 Å². The average Bonchev–Trinajstić information content (AvgIpc) is 2.89. The van der Waals surface area contributed by atoms with Gasteiger partial charge in [-0.15, -0.1) is 0 Å². The molecule has 192 valence electrons. The number of amides is 1. The van der Waals surface area contributed by atoms with Crippen LogP contribution >= 0.6 is 0 Å². The number of piperidine rings is 1. The Kier molecular flexibility index (Phi) is 8.15. The molecule has 0 radical (unpaired) electrons. The van der Waals surface area contributed by atoms with Gasteiger partial charge in [0.1, 0.15) is 5.82 Å². The summed E-state index contributed by atoms with van der Waals surface area (Å²) in [4.78, 5) is 40.3. The summed E-state index contributed by atoms with van der Waals surface area (Å²) in [5, 5.41) is 4.53. The van der Waals surface area contributed by atoms with E-state index in [1.54, 1.807) is 18.5 Å². The standard InChI is InChI=1S/C28H33N7O2/c1-4-19(16-30-18-29)24-15-22-9-12-31-28(37)26(22)27(33-24)32-23-7-5-20(6-8-23)21-10-13-35(14-11-21)25(36)17-34(2)3/h4-9,12,15-16,18,21H,1,10-11,13-14,17H2,2-3H3,(H2,29,30)(H,31,37)(H,32,33)/b19-16+. The highest BCUT2D eigenvalue weighted by molar-refractivity contribution is 5.95. The minimum Gasteiger partial charge on any atom is -0.390 e. The van der Waals surface area contributed by atoms with E-state index in [0.717, 1.165) is 37.0 Å². The number of likely N-dealkylation sites (tertiary alicyclic amines) is 1. The van der Waals surface area contributed by atoms with Crippen LogP contribution in [0.15, 0.2) is 71.2 Å². The molecule has 0 unspecified atom stereocenters. The highest BCUT2D eigenvalue weighted by Crippen LogP contribution is 2.31. The fourth-order valence-corrected chi connectivity index (χ4v) is 4.61. The van der Waals surface area contributed by atoms with Gasteiger partial charge in [0.25, 0.3) is 5.56 Å². The summed E-state index contributed by atoms with van der Waals surface area (Å²) in [6.45, 7) is 5.84. The summed E-state index contributed by atoms with van der Waals surface area (Å²) in [5.41, 5.74) is 8.52. The molecular formula is C28H33N7O2. The third kappa shape index (κ3) is 6.13. The maximum Gasteiger partial charge on any atom is 0.259 e. The topological polar surface area (TPSA) is 120 Å². The van der Waals surface area contributed by atoms with Gasteiger partial charge in [-0.1, -0.05) is 24.8 Å². The van der Waals surface area contributed by atoms with Crippen LogP contribution in [0.4, 0.5) is 11.5 Å². The Morgan fingerprint density at radius 2 is 2.00 bits per heavy atom. The van der Waals surface area contributed by atoms with Crippen LogP contribution in [0.1, 0.15) is 30.0 Å². The molecule has 1 fully saturated rings. The van der Waals surface area contributed by atoms with Crippen molar-refractivity contribution in [3.8, 4) is 0 Å². The second kappa shape index (κ2) is 11.7.